The highest BCUT2D eigenvalue weighted by Crippen LogP contribution is 2.31. The number of pyridine rings is 1. The van der Waals surface area contributed by atoms with Crippen LogP contribution in [0.25, 0.3) is 0 Å². The first-order chi connectivity index (χ1) is 10.3. The van der Waals surface area contributed by atoms with Gasteiger partial charge in [-0.2, -0.15) is 13.2 Å². The summed E-state index contributed by atoms with van der Waals surface area (Å²) in [6.07, 6.45) is -4.53. The van der Waals surface area contributed by atoms with Gasteiger partial charge in [0.15, 0.2) is 0 Å². The molecule has 0 saturated carbocycles. The number of carbonyl (C=O) groups excluding carboxylic acids is 1. The first-order valence-electron chi connectivity index (χ1n) is 5.93. The maximum Gasteiger partial charge on any atom is 0.416 e. The molecule has 0 atom stereocenters. The number of nitrogens with two attached hydrogens (primary N) is 1. The number of urea groups is 1. The van der Waals surface area contributed by atoms with Crippen molar-refractivity contribution < 1.29 is 18.0 Å². The Morgan fingerprint density at radius 2 is 1.91 bits per heavy atom. The number of hydrogen-bond acceptors (Lipinski definition) is 3. The highest BCUT2D eigenvalue weighted by atomic mass is 35.5. The van der Waals surface area contributed by atoms with Crippen LogP contribution in [-0.2, 0) is 6.18 Å². The number of nitrogens with zero attached hydrogens (tertiary/aromatic N) is 2. The van der Waals surface area contributed by atoms with Crippen molar-refractivity contribution in [3.63, 3.8) is 0 Å². The minimum atomic E-state index is -4.53. The summed E-state index contributed by atoms with van der Waals surface area (Å²) < 4.78 is 38.2. The summed E-state index contributed by atoms with van der Waals surface area (Å²) in [5, 5.41) is 0.895. The van der Waals surface area contributed by atoms with Gasteiger partial charge in [0.25, 0.3) is 0 Å². The van der Waals surface area contributed by atoms with Crippen molar-refractivity contribution in [1.29, 1.82) is 0 Å². The first kappa shape index (κ1) is 15.9. The summed E-state index contributed by atoms with van der Waals surface area (Å²) in [5.41, 5.74) is 6.72. The van der Waals surface area contributed by atoms with Crippen molar-refractivity contribution in [3.05, 3.63) is 53.2 Å². The number of amides is 2. The predicted octanol–water partition coefficient (Wildman–Crippen LogP) is 3.67. The maximum absolute atomic E-state index is 12.7. The summed E-state index contributed by atoms with van der Waals surface area (Å²) >= 11 is 5.70. The molecule has 0 radical (unpaired) electrons. The van der Waals surface area contributed by atoms with Gasteiger partial charge in [0.05, 0.1) is 11.3 Å². The Bertz CT molecular complexity index is 693. The number of halogens is 4. The van der Waals surface area contributed by atoms with Crippen molar-refractivity contribution >= 4 is 29.1 Å². The van der Waals surface area contributed by atoms with Crippen LogP contribution in [0.5, 0.6) is 0 Å². The lowest BCUT2D eigenvalue weighted by atomic mass is 10.2. The lowest BCUT2D eigenvalue weighted by molar-refractivity contribution is -0.137. The molecule has 0 aliphatic heterocycles. The van der Waals surface area contributed by atoms with Crippen LogP contribution in [-0.4, -0.2) is 11.0 Å². The van der Waals surface area contributed by atoms with E-state index < -0.39 is 17.8 Å². The molecule has 5 nitrogen and oxygen atoms in total. The van der Waals surface area contributed by atoms with Gasteiger partial charge in [0.1, 0.15) is 11.0 Å². The average Bonchev–Trinajstić information content (AvgIpc) is 2.44. The predicted molar refractivity (Wildman–Crippen MR) is 76.4 cm³/mol. The van der Waals surface area contributed by atoms with Gasteiger partial charge in [-0.1, -0.05) is 23.7 Å². The SMILES string of the molecule is NC(=O)N(Nc1cccc(Cl)n1)c1cccc(C(F)(F)F)c1. The minimum Gasteiger partial charge on any atom is -0.350 e. The second-order valence-corrected chi connectivity index (χ2v) is 4.57. The number of hydrazine groups is 1. The summed E-state index contributed by atoms with van der Waals surface area (Å²) in [4.78, 5) is 15.4. The topological polar surface area (TPSA) is 71.2 Å². The largest absolute Gasteiger partial charge is 0.416 e. The summed E-state index contributed by atoms with van der Waals surface area (Å²) in [5.74, 6) is 0.156. The second kappa shape index (κ2) is 6.10. The Morgan fingerprint density at radius 1 is 1.23 bits per heavy atom. The quantitative estimate of drug-likeness (QED) is 0.666. The highest BCUT2D eigenvalue weighted by Gasteiger charge is 2.31. The molecule has 3 N–H and O–H groups in total. The number of aromatic nitrogens is 1. The van der Waals surface area contributed by atoms with E-state index in [4.69, 9.17) is 17.3 Å². The van der Waals surface area contributed by atoms with E-state index in [1.165, 1.54) is 24.3 Å². The number of primary amides is 1. The lowest BCUT2D eigenvalue weighted by Gasteiger charge is -2.22. The van der Waals surface area contributed by atoms with Crippen LogP contribution in [0.1, 0.15) is 5.56 Å². The molecule has 0 aliphatic carbocycles. The van der Waals surface area contributed by atoms with Crippen LogP contribution >= 0.6 is 11.6 Å². The molecule has 22 heavy (non-hydrogen) atoms. The maximum atomic E-state index is 12.7. The molecule has 1 aromatic carbocycles. The number of rotatable bonds is 3. The minimum absolute atomic E-state index is 0.0795. The molecule has 0 fully saturated rings. The molecule has 0 unspecified atom stereocenters. The van der Waals surface area contributed by atoms with E-state index in [2.05, 4.69) is 10.4 Å². The van der Waals surface area contributed by atoms with Gasteiger partial charge in [-0.15, -0.1) is 0 Å². The molecule has 9 heteroatoms. The molecular formula is C13H10ClF3N4O. The van der Waals surface area contributed by atoms with Gasteiger partial charge in [0, 0.05) is 0 Å². The molecule has 2 amide bonds. The molecular weight excluding hydrogens is 321 g/mol. The van der Waals surface area contributed by atoms with E-state index in [1.54, 1.807) is 6.07 Å². The summed E-state index contributed by atoms with van der Waals surface area (Å²) in [6.45, 7) is 0. The molecule has 1 heterocycles. The molecule has 2 aromatic rings. The third-order valence-electron chi connectivity index (χ3n) is 2.59. The van der Waals surface area contributed by atoms with Crippen LogP contribution in [0.2, 0.25) is 5.15 Å². The number of carbonyl (C=O) groups is 1. The average molecular weight is 331 g/mol. The molecule has 0 spiro atoms. The third kappa shape index (κ3) is 3.79. The van der Waals surface area contributed by atoms with Crippen molar-refractivity contribution in [1.82, 2.24) is 4.98 Å². The normalized spacial score (nSPS) is 11.1. The zero-order valence-electron chi connectivity index (χ0n) is 10.9. The fourth-order valence-corrected chi connectivity index (χ4v) is 1.82. The smallest absolute Gasteiger partial charge is 0.350 e. The molecule has 0 aliphatic rings. The van der Waals surface area contributed by atoms with Gasteiger partial charge in [-0.3, -0.25) is 5.43 Å². The summed E-state index contributed by atoms with van der Waals surface area (Å²) in [6, 6.07) is 7.70. The lowest BCUT2D eigenvalue weighted by Crippen LogP contribution is -2.40. The van der Waals surface area contributed by atoms with Gasteiger partial charge >= 0.3 is 12.2 Å². The number of benzene rings is 1. The van der Waals surface area contributed by atoms with E-state index in [0.29, 0.717) is 0 Å². The van der Waals surface area contributed by atoms with Crippen LogP contribution in [0.15, 0.2) is 42.5 Å². The van der Waals surface area contributed by atoms with Crippen molar-refractivity contribution in [2.45, 2.75) is 6.18 Å². The number of anilines is 2. The van der Waals surface area contributed by atoms with Crippen LogP contribution in [0.4, 0.5) is 29.5 Å². The van der Waals surface area contributed by atoms with Crippen LogP contribution in [0, 0.1) is 0 Å². The number of nitrogens with one attached hydrogen (secondary N) is 1. The fraction of sp³-hybridized carbons (Fsp3) is 0.0769. The van der Waals surface area contributed by atoms with Crippen molar-refractivity contribution in [3.8, 4) is 0 Å². The Morgan fingerprint density at radius 3 is 2.50 bits per heavy atom. The zero-order valence-corrected chi connectivity index (χ0v) is 11.7. The zero-order chi connectivity index (χ0) is 16.3. The van der Waals surface area contributed by atoms with Crippen molar-refractivity contribution in [2.75, 3.05) is 10.4 Å². The van der Waals surface area contributed by atoms with Gasteiger partial charge in [0.2, 0.25) is 0 Å². The Labute approximate surface area is 128 Å². The van der Waals surface area contributed by atoms with Gasteiger partial charge < -0.3 is 5.73 Å². The van der Waals surface area contributed by atoms with Crippen molar-refractivity contribution in [2.24, 2.45) is 5.73 Å². The summed E-state index contributed by atoms with van der Waals surface area (Å²) in [7, 11) is 0. The Balaban J connectivity index is 2.34. The molecule has 1 aromatic heterocycles. The molecule has 0 saturated heterocycles. The van der Waals surface area contributed by atoms with Gasteiger partial charge in [-0.05, 0) is 30.3 Å². The molecule has 0 bridgehead atoms. The van der Waals surface area contributed by atoms with E-state index >= 15 is 0 Å². The van der Waals surface area contributed by atoms with Gasteiger partial charge in [-0.25, -0.2) is 14.8 Å². The third-order valence-corrected chi connectivity index (χ3v) is 2.80. The fourth-order valence-electron chi connectivity index (χ4n) is 1.65. The first-order valence-corrected chi connectivity index (χ1v) is 6.31. The monoisotopic (exact) mass is 330 g/mol. The van der Waals surface area contributed by atoms with Crippen LogP contribution < -0.4 is 16.2 Å². The number of hydrogen-bond donors (Lipinski definition) is 2. The second-order valence-electron chi connectivity index (χ2n) is 4.18. The molecule has 116 valence electrons. The van der Waals surface area contributed by atoms with E-state index in [-0.39, 0.29) is 16.7 Å². The van der Waals surface area contributed by atoms with E-state index in [9.17, 15) is 18.0 Å². The van der Waals surface area contributed by atoms with Crippen LogP contribution in [0.3, 0.4) is 0 Å². The van der Waals surface area contributed by atoms with E-state index in [0.717, 1.165) is 17.1 Å². The highest BCUT2D eigenvalue weighted by molar-refractivity contribution is 6.29. The number of alkyl halides is 3. The molecule has 2 rings (SSSR count). The Kier molecular flexibility index (Phi) is 4.41. The standard InChI is InChI=1S/C13H10ClF3N4O/c14-10-5-2-6-11(19-10)20-21(12(18)22)9-4-1-3-8(7-9)13(15,16)17/h1-7H,(H2,18,22)(H,19,20). The Hall–Kier alpha value is -2.48. The van der Waals surface area contributed by atoms with E-state index in [1.807, 2.05) is 0 Å².